The summed E-state index contributed by atoms with van der Waals surface area (Å²) in [5, 5.41) is 3.06. The molecule has 0 saturated carbocycles. The highest BCUT2D eigenvalue weighted by atomic mass is 16.5. The first-order chi connectivity index (χ1) is 20.9. The van der Waals surface area contributed by atoms with Crippen molar-refractivity contribution in [1.82, 2.24) is 10.2 Å². The van der Waals surface area contributed by atoms with Crippen molar-refractivity contribution in [3.05, 3.63) is 119 Å². The average molecular weight is 583 g/mol. The van der Waals surface area contributed by atoms with Crippen LogP contribution in [-0.2, 0) is 35.5 Å². The molecule has 2 amide bonds. The first kappa shape index (κ1) is 31.0. The van der Waals surface area contributed by atoms with Crippen LogP contribution in [0.5, 0.6) is 23.0 Å². The molecule has 0 aliphatic carbocycles. The van der Waals surface area contributed by atoms with Gasteiger partial charge in [0, 0.05) is 25.1 Å². The van der Waals surface area contributed by atoms with Crippen LogP contribution in [0, 0.1) is 0 Å². The molecule has 8 nitrogen and oxygen atoms in total. The van der Waals surface area contributed by atoms with Crippen LogP contribution >= 0.6 is 0 Å². The molecule has 0 heterocycles. The summed E-state index contributed by atoms with van der Waals surface area (Å²) in [4.78, 5) is 29.8. The fraction of sp³-hybridized carbons (Fsp3) is 0.257. The smallest absolute Gasteiger partial charge is 0.243 e. The fourth-order valence-electron chi connectivity index (χ4n) is 4.90. The molecule has 1 atom stereocenters. The zero-order chi connectivity index (χ0) is 30.6. The van der Waals surface area contributed by atoms with E-state index in [2.05, 4.69) is 5.32 Å². The Morgan fingerprint density at radius 1 is 0.674 bits per heavy atom. The van der Waals surface area contributed by atoms with Gasteiger partial charge < -0.3 is 29.2 Å². The lowest BCUT2D eigenvalue weighted by Gasteiger charge is -2.32. The van der Waals surface area contributed by atoms with Crippen molar-refractivity contribution in [2.45, 2.75) is 32.0 Å². The number of amides is 2. The lowest BCUT2D eigenvalue weighted by Crippen LogP contribution is -2.50. The van der Waals surface area contributed by atoms with Gasteiger partial charge in [0.1, 0.15) is 17.5 Å². The first-order valence-electron chi connectivity index (χ1n) is 14.0. The molecule has 8 heteroatoms. The van der Waals surface area contributed by atoms with E-state index in [1.165, 1.54) is 0 Å². The summed E-state index contributed by atoms with van der Waals surface area (Å²) >= 11 is 0. The predicted octanol–water partition coefficient (Wildman–Crippen LogP) is 5.22. The Kier molecular flexibility index (Phi) is 11.0. The molecule has 224 valence electrons. The molecule has 0 aliphatic rings. The number of carbonyl (C=O) groups is 2. The highest BCUT2D eigenvalue weighted by Crippen LogP contribution is 2.28. The summed E-state index contributed by atoms with van der Waals surface area (Å²) in [6.07, 6.45) is 0.411. The van der Waals surface area contributed by atoms with Crippen LogP contribution in [0.4, 0.5) is 0 Å². The third-order valence-corrected chi connectivity index (χ3v) is 7.23. The number of ether oxygens (including phenoxy) is 4. The molecule has 0 radical (unpaired) electrons. The summed E-state index contributed by atoms with van der Waals surface area (Å²) < 4.78 is 21.6. The minimum absolute atomic E-state index is 0.0710. The highest BCUT2D eigenvalue weighted by Gasteiger charge is 2.30. The van der Waals surface area contributed by atoms with Crippen molar-refractivity contribution in [1.29, 1.82) is 0 Å². The molecule has 0 spiro atoms. The largest absolute Gasteiger partial charge is 0.497 e. The van der Waals surface area contributed by atoms with Gasteiger partial charge in [-0.1, -0.05) is 66.7 Å². The Morgan fingerprint density at radius 2 is 1.33 bits per heavy atom. The van der Waals surface area contributed by atoms with Crippen molar-refractivity contribution in [2.75, 3.05) is 28.4 Å². The molecule has 1 N–H and O–H groups in total. The van der Waals surface area contributed by atoms with Crippen molar-refractivity contribution < 1.29 is 28.5 Å². The van der Waals surface area contributed by atoms with Gasteiger partial charge in [-0.05, 0) is 47.0 Å². The zero-order valence-electron chi connectivity index (χ0n) is 25.0. The van der Waals surface area contributed by atoms with Gasteiger partial charge in [0.05, 0.1) is 34.9 Å². The van der Waals surface area contributed by atoms with E-state index in [4.69, 9.17) is 18.9 Å². The normalized spacial score (nSPS) is 11.3. The van der Waals surface area contributed by atoms with Crippen LogP contribution in [-0.4, -0.2) is 51.2 Å². The molecular formula is C35H38N2O6. The minimum Gasteiger partial charge on any atom is -0.497 e. The van der Waals surface area contributed by atoms with Gasteiger partial charge in [-0.15, -0.1) is 0 Å². The lowest BCUT2D eigenvalue weighted by molar-refractivity contribution is -0.140. The topological polar surface area (TPSA) is 86.3 Å². The molecule has 4 rings (SSSR count). The summed E-state index contributed by atoms with van der Waals surface area (Å²) in [7, 11) is 6.33. The third-order valence-electron chi connectivity index (χ3n) is 7.23. The second-order valence-corrected chi connectivity index (χ2v) is 9.97. The van der Waals surface area contributed by atoms with Crippen molar-refractivity contribution in [3.63, 3.8) is 0 Å². The second-order valence-electron chi connectivity index (χ2n) is 9.97. The van der Waals surface area contributed by atoms with E-state index in [1.807, 2.05) is 84.9 Å². The Hall–Kier alpha value is -4.98. The minimum atomic E-state index is -0.785. The molecule has 0 fully saturated rings. The molecule has 4 aromatic carbocycles. The number of hydrogen-bond acceptors (Lipinski definition) is 6. The Balaban J connectivity index is 1.68. The van der Waals surface area contributed by atoms with Crippen LogP contribution < -0.4 is 24.3 Å². The predicted molar refractivity (Wildman–Crippen MR) is 166 cm³/mol. The Labute approximate surface area is 253 Å². The molecule has 0 aliphatic heterocycles. The number of rotatable bonds is 14. The van der Waals surface area contributed by atoms with Gasteiger partial charge in [-0.2, -0.15) is 0 Å². The van der Waals surface area contributed by atoms with Gasteiger partial charge in [-0.3, -0.25) is 9.59 Å². The summed E-state index contributed by atoms with van der Waals surface area (Å²) in [5.74, 6) is 2.04. The van der Waals surface area contributed by atoms with Gasteiger partial charge in [-0.25, -0.2) is 0 Å². The quantitative estimate of drug-likeness (QED) is 0.220. The van der Waals surface area contributed by atoms with E-state index in [0.717, 1.165) is 22.3 Å². The second kappa shape index (κ2) is 15.3. The van der Waals surface area contributed by atoms with Gasteiger partial charge in [0.25, 0.3) is 0 Å². The molecule has 43 heavy (non-hydrogen) atoms. The molecule has 0 aromatic heterocycles. The molecule has 0 saturated heterocycles. The molecule has 0 bridgehead atoms. The maximum Gasteiger partial charge on any atom is 0.243 e. The van der Waals surface area contributed by atoms with Gasteiger partial charge in [0.15, 0.2) is 11.5 Å². The maximum absolute atomic E-state index is 14.1. The van der Waals surface area contributed by atoms with Crippen LogP contribution in [0.15, 0.2) is 97.1 Å². The molecular weight excluding hydrogens is 544 g/mol. The number of carbonyl (C=O) groups excluding carboxylic acids is 2. The van der Waals surface area contributed by atoms with E-state index in [0.29, 0.717) is 29.4 Å². The standard InChI is InChI=1S/C35H38N2O6/c1-40-29-17-14-26(15-18-29)24-37(34(38)22-27-16-19-32(42-3)33(21-27)43-4)30(20-25-10-6-5-7-11-25)35(39)36-23-28-12-8-9-13-31(28)41-2/h5-19,21,30H,20,22-24H2,1-4H3,(H,36,39)/t30-/m0/s1. The number of nitrogens with one attached hydrogen (secondary N) is 1. The van der Waals surface area contributed by atoms with Crippen LogP contribution in [0.25, 0.3) is 0 Å². The highest BCUT2D eigenvalue weighted by molar-refractivity contribution is 5.89. The number of para-hydroxylation sites is 1. The van der Waals surface area contributed by atoms with Crippen LogP contribution in [0.2, 0.25) is 0 Å². The fourth-order valence-corrected chi connectivity index (χ4v) is 4.90. The number of methoxy groups -OCH3 is 4. The van der Waals surface area contributed by atoms with Crippen molar-refractivity contribution in [2.24, 2.45) is 0 Å². The average Bonchev–Trinajstić information content (AvgIpc) is 3.05. The molecule has 0 unspecified atom stereocenters. The lowest BCUT2D eigenvalue weighted by atomic mass is 10.0. The van der Waals surface area contributed by atoms with E-state index in [1.54, 1.807) is 45.5 Å². The SMILES string of the molecule is COc1ccc(CN(C(=O)Cc2ccc(OC)c(OC)c2)[C@@H](Cc2ccccc2)C(=O)NCc2ccccc2OC)cc1. The Bertz CT molecular complexity index is 1490. The van der Waals surface area contributed by atoms with E-state index >= 15 is 0 Å². The van der Waals surface area contributed by atoms with Gasteiger partial charge >= 0.3 is 0 Å². The van der Waals surface area contributed by atoms with Crippen LogP contribution in [0.3, 0.4) is 0 Å². The van der Waals surface area contributed by atoms with E-state index in [-0.39, 0.29) is 31.3 Å². The first-order valence-corrected chi connectivity index (χ1v) is 14.0. The van der Waals surface area contributed by atoms with Crippen molar-refractivity contribution in [3.8, 4) is 23.0 Å². The number of nitrogens with zero attached hydrogens (tertiary/aromatic N) is 1. The molecule has 4 aromatic rings. The monoisotopic (exact) mass is 582 g/mol. The zero-order valence-corrected chi connectivity index (χ0v) is 25.0. The maximum atomic E-state index is 14.1. The van der Waals surface area contributed by atoms with Gasteiger partial charge in [0.2, 0.25) is 11.8 Å². The van der Waals surface area contributed by atoms with E-state index in [9.17, 15) is 9.59 Å². The third kappa shape index (κ3) is 8.29. The number of benzene rings is 4. The van der Waals surface area contributed by atoms with E-state index < -0.39 is 6.04 Å². The number of hydrogen-bond donors (Lipinski definition) is 1. The Morgan fingerprint density at radius 3 is 2.00 bits per heavy atom. The summed E-state index contributed by atoms with van der Waals surface area (Å²) in [6, 6.07) is 29.4. The summed E-state index contributed by atoms with van der Waals surface area (Å²) in [5.41, 5.74) is 3.40. The summed E-state index contributed by atoms with van der Waals surface area (Å²) in [6.45, 7) is 0.490. The van der Waals surface area contributed by atoms with Crippen LogP contribution in [0.1, 0.15) is 22.3 Å². The van der Waals surface area contributed by atoms with Crippen molar-refractivity contribution >= 4 is 11.8 Å².